The quantitative estimate of drug-likeness (QED) is 0.154. The maximum absolute atomic E-state index is 10.7. The normalized spacial score (nSPS) is 11.1. The maximum Gasteiger partial charge on any atom is 0.207 e. The second-order valence-corrected chi connectivity index (χ2v) is 9.17. The number of rotatable bonds is 20. The molecule has 0 aromatic heterocycles. The minimum Gasteiger partial charge on any atom is -0.504 e. The molecule has 2 N–H and O–H groups in total. The van der Waals surface area contributed by atoms with Crippen LogP contribution in [-0.4, -0.2) is 24.4 Å². The molecule has 0 saturated heterocycles. The van der Waals surface area contributed by atoms with Crippen LogP contribution in [0.4, 0.5) is 0 Å². The highest BCUT2D eigenvalue weighted by molar-refractivity contribution is 5.66. The molecule has 0 fully saturated rings. The Morgan fingerprint density at radius 3 is 1.25 bits per heavy atom. The summed E-state index contributed by atoms with van der Waals surface area (Å²) in [6, 6.07) is 0. The van der Waals surface area contributed by atoms with Gasteiger partial charge in [-0.1, -0.05) is 104 Å². The van der Waals surface area contributed by atoms with Gasteiger partial charge in [0.1, 0.15) is 0 Å². The van der Waals surface area contributed by atoms with Gasteiger partial charge < -0.3 is 19.7 Å². The molecule has 0 aliphatic heterocycles. The Balaban J connectivity index is 2.70. The molecule has 0 bridgehead atoms. The van der Waals surface area contributed by atoms with E-state index in [4.69, 9.17) is 9.47 Å². The highest BCUT2D eigenvalue weighted by Crippen LogP contribution is 2.49. The average molecular weight is 451 g/mol. The monoisotopic (exact) mass is 450 g/mol. The maximum atomic E-state index is 10.7. The molecule has 0 aliphatic rings. The lowest BCUT2D eigenvalue weighted by atomic mass is 9.93. The topological polar surface area (TPSA) is 58.9 Å². The predicted molar refractivity (Wildman–Crippen MR) is 136 cm³/mol. The molecule has 32 heavy (non-hydrogen) atoms. The van der Waals surface area contributed by atoms with Gasteiger partial charge in [-0.3, -0.25) is 0 Å². The SMILES string of the molecule is CCCCCCCCCCc1c(O)c(O)c(OC)c(OC)c1CCCCCCCCCC. The van der Waals surface area contributed by atoms with E-state index in [0.717, 1.165) is 43.2 Å². The second kappa shape index (κ2) is 17.9. The summed E-state index contributed by atoms with van der Waals surface area (Å²) in [4.78, 5) is 0. The minimum absolute atomic E-state index is 0.0276. The van der Waals surface area contributed by atoms with Crippen molar-refractivity contribution < 1.29 is 19.7 Å². The predicted octanol–water partition coefficient (Wildman–Crippen LogP) is 8.48. The summed E-state index contributed by atoms with van der Waals surface area (Å²) in [5.74, 6) is 0.610. The molecule has 0 unspecified atom stereocenters. The summed E-state index contributed by atoms with van der Waals surface area (Å²) in [6.45, 7) is 4.50. The van der Waals surface area contributed by atoms with E-state index >= 15 is 0 Å². The molecule has 0 heterocycles. The van der Waals surface area contributed by atoms with Gasteiger partial charge in [0.15, 0.2) is 11.5 Å². The number of hydrogen-bond donors (Lipinski definition) is 2. The van der Waals surface area contributed by atoms with Gasteiger partial charge in [-0.2, -0.15) is 0 Å². The largest absolute Gasteiger partial charge is 0.504 e. The smallest absolute Gasteiger partial charge is 0.207 e. The number of hydrogen-bond acceptors (Lipinski definition) is 4. The Morgan fingerprint density at radius 1 is 0.469 bits per heavy atom. The van der Waals surface area contributed by atoms with E-state index in [1.54, 1.807) is 7.11 Å². The number of aromatic hydroxyl groups is 2. The fraction of sp³-hybridized carbons (Fsp3) is 0.786. The standard InChI is InChI=1S/C28H50O4/c1-5-7-9-11-13-15-17-19-21-23-24(22-20-18-16-14-12-10-8-6-2)27(31-3)28(32-4)26(30)25(23)29/h29-30H,5-22H2,1-4H3. The van der Waals surface area contributed by atoms with Crippen LogP contribution in [0.1, 0.15) is 128 Å². The molecule has 1 aromatic carbocycles. The first-order valence-corrected chi connectivity index (χ1v) is 13.3. The van der Waals surface area contributed by atoms with Crippen molar-refractivity contribution in [2.75, 3.05) is 14.2 Å². The molecule has 0 spiro atoms. The van der Waals surface area contributed by atoms with Gasteiger partial charge in [-0.25, -0.2) is 0 Å². The Kier molecular flexibility index (Phi) is 15.9. The van der Waals surface area contributed by atoms with Crippen molar-refractivity contribution in [3.05, 3.63) is 11.1 Å². The van der Waals surface area contributed by atoms with E-state index in [0.29, 0.717) is 5.75 Å². The number of ether oxygens (including phenoxy) is 2. The summed E-state index contributed by atoms with van der Waals surface area (Å²) >= 11 is 0. The average Bonchev–Trinajstić information content (AvgIpc) is 2.80. The summed E-state index contributed by atoms with van der Waals surface area (Å²) in [5, 5.41) is 21.2. The van der Waals surface area contributed by atoms with Crippen molar-refractivity contribution in [2.45, 2.75) is 129 Å². The molecule has 1 rings (SSSR count). The third-order valence-electron chi connectivity index (χ3n) is 6.54. The second-order valence-electron chi connectivity index (χ2n) is 9.17. The summed E-state index contributed by atoms with van der Waals surface area (Å²) in [6.07, 6.45) is 21.6. The number of unbranched alkanes of at least 4 members (excludes halogenated alkanes) is 14. The van der Waals surface area contributed by atoms with Gasteiger partial charge in [-0.15, -0.1) is 0 Å². The van der Waals surface area contributed by atoms with Crippen LogP contribution in [-0.2, 0) is 12.8 Å². The Hall–Kier alpha value is -1.58. The molecule has 186 valence electrons. The number of phenolic OH excluding ortho intramolecular Hbond substituents is 2. The summed E-state index contributed by atoms with van der Waals surface area (Å²) < 4.78 is 11.0. The van der Waals surface area contributed by atoms with Crippen LogP contribution >= 0.6 is 0 Å². The first kappa shape index (κ1) is 28.5. The van der Waals surface area contributed by atoms with Gasteiger partial charge in [0.05, 0.1) is 14.2 Å². The van der Waals surface area contributed by atoms with Crippen LogP contribution < -0.4 is 9.47 Å². The first-order valence-electron chi connectivity index (χ1n) is 13.3. The molecule has 1 aromatic rings. The third-order valence-corrected chi connectivity index (χ3v) is 6.54. The highest BCUT2D eigenvalue weighted by Gasteiger charge is 2.24. The fourth-order valence-electron chi connectivity index (χ4n) is 4.59. The highest BCUT2D eigenvalue weighted by atomic mass is 16.5. The first-order chi connectivity index (χ1) is 15.6. The van der Waals surface area contributed by atoms with Gasteiger partial charge >= 0.3 is 0 Å². The van der Waals surface area contributed by atoms with Crippen molar-refractivity contribution in [1.82, 2.24) is 0 Å². The van der Waals surface area contributed by atoms with E-state index < -0.39 is 0 Å². The van der Waals surface area contributed by atoms with Crippen molar-refractivity contribution in [1.29, 1.82) is 0 Å². The number of benzene rings is 1. The van der Waals surface area contributed by atoms with E-state index in [-0.39, 0.29) is 17.2 Å². The molecule has 0 amide bonds. The van der Waals surface area contributed by atoms with Crippen LogP contribution in [0.5, 0.6) is 23.0 Å². The molecular formula is C28H50O4. The molecule has 4 heteroatoms. The van der Waals surface area contributed by atoms with Crippen LogP contribution in [0.15, 0.2) is 0 Å². The van der Waals surface area contributed by atoms with Gasteiger partial charge in [0.2, 0.25) is 11.5 Å². The van der Waals surface area contributed by atoms with E-state index in [1.165, 1.54) is 90.6 Å². The summed E-state index contributed by atoms with van der Waals surface area (Å²) in [7, 11) is 3.13. The van der Waals surface area contributed by atoms with E-state index in [9.17, 15) is 10.2 Å². The molecule has 4 nitrogen and oxygen atoms in total. The zero-order chi connectivity index (χ0) is 23.6. The van der Waals surface area contributed by atoms with Crippen LogP contribution in [0, 0.1) is 0 Å². The Morgan fingerprint density at radius 2 is 0.844 bits per heavy atom. The lowest BCUT2D eigenvalue weighted by Crippen LogP contribution is -2.03. The van der Waals surface area contributed by atoms with Crippen molar-refractivity contribution >= 4 is 0 Å². The molecule has 0 atom stereocenters. The van der Waals surface area contributed by atoms with Crippen molar-refractivity contribution in [3.8, 4) is 23.0 Å². The number of phenols is 2. The fourth-order valence-corrected chi connectivity index (χ4v) is 4.59. The third kappa shape index (κ3) is 9.92. The van der Waals surface area contributed by atoms with Gasteiger partial charge in [0.25, 0.3) is 0 Å². The Bertz CT molecular complexity index is 612. The van der Waals surface area contributed by atoms with Crippen molar-refractivity contribution in [3.63, 3.8) is 0 Å². The molecule has 0 radical (unpaired) electrons. The molecule has 0 saturated carbocycles. The number of methoxy groups -OCH3 is 2. The summed E-state index contributed by atoms with van der Waals surface area (Å²) in [5.41, 5.74) is 1.85. The van der Waals surface area contributed by atoms with Gasteiger partial charge in [-0.05, 0) is 25.7 Å². The van der Waals surface area contributed by atoms with Crippen LogP contribution in [0.25, 0.3) is 0 Å². The molecular weight excluding hydrogens is 400 g/mol. The van der Waals surface area contributed by atoms with Crippen LogP contribution in [0.3, 0.4) is 0 Å². The van der Waals surface area contributed by atoms with Gasteiger partial charge in [0, 0.05) is 11.1 Å². The van der Waals surface area contributed by atoms with Crippen LogP contribution in [0.2, 0.25) is 0 Å². The van der Waals surface area contributed by atoms with E-state index in [1.807, 2.05) is 0 Å². The zero-order valence-electron chi connectivity index (χ0n) is 21.4. The Labute approximate surface area is 197 Å². The van der Waals surface area contributed by atoms with Crippen molar-refractivity contribution in [2.24, 2.45) is 0 Å². The minimum atomic E-state index is -0.196. The lowest BCUT2D eigenvalue weighted by molar-refractivity contribution is 0.316. The molecule has 0 aliphatic carbocycles. The van der Waals surface area contributed by atoms with E-state index in [2.05, 4.69) is 13.8 Å². The lowest BCUT2D eigenvalue weighted by Gasteiger charge is -2.20. The zero-order valence-corrected chi connectivity index (χ0v) is 21.4.